The van der Waals surface area contributed by atoms with E-state index in [0.29, 0.717) is 17.8 Å². The number of nitrogens with zero attached hydrogens (tertiary/aromatic N) is 3. The highest BCUT2D eigenvalue weighted by Gasteiger charge is 2.42. The minimum atomic E-state index is -0.0655. The Balaban J connectivity index is 1.48. The van der Waals surface area contributed by atoms with Gasteiger partial charge in [-0.3, -0.25) is 4.98 Å². The summed E-state index contributed by atoms with van der Waals surface area (Å²) in [6.45, 7) is 1.42. The molecule has 3 heterocycles. The molecule has 5 rings (SSSR count). The number of anilines is 1. The van der Waals surface area contributed by atoms with Gasteiger partial charge in [0.2, 0.25) is 0 Å². The number of thiocarbonyl (C=S) groups is 1. The van der Waals surface area contributed by atoms with Crippen molar-refractivity contribution in [2.75, 3.05) is 18.6 Å². The number of rotatable bonds is 8. The van der Waals surface area contributed by atoms with E-state index in [1.54, 1.807) is 7.11 Å². The average Bonchev–Trinajstić information content (AvgIpc) is 3.59. The molecule has 7 heteroatoms. The van der Waals surface area contributed by atoms with Gasteiger partial charge in [0.25, 0.3) is 0 Å². The van der Waals surface area contributed by atoms with E-state index in [4.69, 9.17) is 21.7 Å². The molecule has 2 fully saturated rings. The van der Waals surface area contributed by atoms with Crippen LogP contribution in [0, 0.1) is 0 Å². The van der Waals surface area contributed by atoms with Crippen LogP contribution in [-0.2, 0) is 11.3 Å². The molecule has 0 radical (unpaired) electrons. The topological polar surface area (TPSA) is 51.5 Å². The second kappa shape index (κ2) is 9.93. The van der Waals surface area contributed by atoms with Crippen LogP contribution in [0.15, 0.2) is 67.0 Å². The van der Waals surface area contributed by atoms with Gasteiger partial charge in [0.15, 0.2) is 5.11 Å². The minimum Gasteiger partial charge on any atom is -0.490 e. The predicted molar refractivity (Wildman–Crippen MR) is 134 cm³/mol. The molecule has 1 saturated heterocycles. The van der Waals surface area contributed by atoms with Crippen LogP contribution < -0.4 is 15.0 Å². The monoisotopic (exact) mass is 462 g/mol. The van der Waals surface area contributed by atoms with Crippen LogP contribution in [0.1, 0.15) is 49.2 Å². The summed E-state index contributed by atoms with van der Waals surface area (Å²) < 4.78 is 13.8. The SMILES string of the molecule is COCCn1cccc1[C@H]1[C@H](c2ccccn2)NC(=S)N1c1ccc(OC2CCCC2)cc1. The van der Waals surface area contributed by atoms with E-state index in [1.165, 1.54) is 18.5 Å². The lowest BCUT2D eigenvalue weighted by Gasteiger charge is -2.29. The van der Waals surface area contributed by atoms with Crippen LogP contribution in [-0.4, -0.2) is 34.5 Å². The molecule has 1 aliphatic carbocycles. The van der Waals surface area contributed by atoms with E-state index in [2.05, 4.69) is 68.4 Å². The van der Waals surface area contributed by atoms with Gasteiger partial charge >= 0.3 is 0 Å². The predicted octanol–water partition coefficient (Wildman–Crippen LogP) is 5.03. The quantitative estimate of drug-likeness (QED) is 0.474. The number of methoxy groups -OCH3 is 1. The third-order valence-electron chi connectivity index (χ3n) is 6.52. The Kier molecular flexibility index (Phi) is 6.60. The maximum atomic E-state index is 6.18. The normalized spacial score (nSPS) is 20.9. The van der Waals surface area contributed by atoms with Crippen molar-refractivity contribution >= 4 is 23.0 Å². The number of hydrogen-bond acceptors (Lipinski definition) is 4. The first-order valence-electron chi connectivity index (χ1n) is 11.7. The highest BCUT2D eigenvalue weighted by molar-refractivity contribution is 7.80. The average molecular weight is 463 g/mol. The third kappa shape index (κ3) is 4.61. The van der Waals surface area contributed by atoms with Gasteiger partial charge in [0, 0.05) is 37.4 Å². The molecule has 2 aliphatic rings. The second-order valence-electron chi connectivity index (χ2n) is 8.63. The molecule has 0 unspecified atom stereocenters. The third-order valence-corrected chi connectivity index (χ3v) is 6.84. The first-order valence-corrected chi connectivity index (χ1v) is 12.1. The second-order valence-corrected chi connectivity index (χ2v) is 9.02. The molecule has 1 aromatic carbocycles. The summed E-state index contributed by atoms with van der Waals surface area (Å²) in [5, 5.41) is 4.23. The fourth-order valence-electron chi connectivity index (χ4n) is 4.91. The van der Waals surface area contributed by atoms with Crippen LogP contribution in [0.4, 0.5) is 5.69 Å². The largest absolute Gasteiger partial charge is 0.490 e. The van der Waals surface area contributed by atoms with Crippen LogP contribution >= 0.6 is 12.2 Å². The molecule has 0 spiro atoms. The molecule has 3 aromatic rings. The Hall–Kier alpha value is -2.90. The van der Waals surface area contributed by atoms with E-state index in [1.807, 2.05) is 18.3 Å². The lowest BCUT2D eigenvalue weighted by Crippen LogP contribution is -2.30. The van der Waals surface area contributed by atoms with Crippen molar-refractivity contribution in [3.63, 3.8) is 0 Å². The summed E-state index contributed by atoms with van der Waals surface area (Å²) in [4.78, 5) is 6.85. The number of nitrogens with one attached hydrogen (secondary N) is 1. The Labute approximate surface area is 200 Å². The van der Waals surface area contributed by atoms with Crippen LogP contribution in [0.25, 0.3) is 0 Å². The van der Waals surface area contributed by atoms with Gasteiger partial charge in [-0.1, -0.05) is 6.07 Å². The zero-order valence-corrected chi connectivity index (χ0v) is 19.7. The van der Waals surface area contributed by atoms with Gasteiger partial charge in [-0.2, -0.15) is 0 Å². The fraction of sp³-hybridized carbons (Fsp3) is 0.385. The molecule has 6 nitrogen and oxygen atoms in total. The molecule has 1 N–H and O–H groups in total. The number of aromatic nitrogens is 2. The molecule has 2 aromatic heterocycles. The number of pyridine rings is 1. The molecule has 1 saturated carbocycles. The summed E-state index contributed by atoms with van der Waals surface area (Å²) in [6, 6.07) is 18.5. The number of benzene rings is 1. The Bertz CT molecular complexity index is 1060. The van der Waals surface area contributed by atoms with Crippen molar-refractivity contribution in [3.05, 3.63) is 78.4 Å². The summed E-state index contributed by atoms with van der Waals surface area (Å²) in [7, 11) is 1.73. The highest BCUT2D eigenvalue weighted by Crippen LogP contribution is 2.42. The molecule has 0 amide bonds. The molecule has 172 valence electrons. The molecule has 0 bridgehead atoms. The standard InChI is InChI=1S/C26H30N4O2S/c1-31-18-17-29-16-6-10-23(29)25-24(22-9-4-5-15-27-22)28-26(33)30(25)19-11-13-21(14-12-19)32-20-7-2-3-8-20/h4-6,9-16,20,24-25H,2-3,7-8,17-18H2,1H3,(H,28,33)/t24-,25-/m0/s1. The lowest BCUT2D eigenvalue weighted by molar-refractivity contribution is 0.186. The van der Waals surface area contributed by atoms with Crippen LogP contribution in [0.2, 0.25) is 0 Å². The molecular formula is C26H30N4O2S. The summed E-state index contributed by atoms with van der Waals surface area (Å²) >= 11 is 5.85. The first-order chi connectivity index (χ1) is 16.2. The van der Waals surface area contributed by atoms with E-state index >= 15 is 0 Å². The number of ether oxygens (including phenoxy) is 2. The molecular weight excluding hydrogens is 432 g/mol. The van der Waals surface area contributed by atoms with Crippen molar-refractivity contribution in [2.45, 2.75) is 50.4 Å². The summed E-state index contributed by atoms with van der Waals surface area (Å²) in [5.41, 5.74) is 3.17. The van der Waals surface area contributed by atoms with Gasteiger partial charge < -0.3 is 24.3 Å². The zero-order valence-electron chi connectivity index (χ0n) is 18.9. The van der Waals surface area contributed by atoms with E-state index in [-0.39, 0.29) is 12.1 Å². The van der Waals surface area contributed by atoms with Crippen molar-refractivity contribution in [1.82, 2.24) is 14.9 Å². The maximum absolute atomic E-state index is 6.18. The smallest absolute Gasteiger partial charge is 0.174 e. The number of hydrogen-bond donors (Lipinski definition) is 1. The fourth-order valence-corrected chi connectivity index (χ4v) is 5.25. The van der Waals surface area contributed by atoms with E-state index in [9.17, 15) is 0 Å². The van der Waals surface area contributed by atoms with Gasteiger partial charge in [-0.25, -0.2) is 0 Å². The van der Waals surface area contributed by atoms with Crippen LogP contribution in [0.5, 0.6) is 5.75 Å². The van der Waals surface area contributed by atoms with Gasteiger partial charge in [-0.05, 0) is 86.4 Å². The maximum Gasteiger partial charge on any atom is 0.174 e. The molecule has 33 heavy (non-hydrogen) atoms. The van der Waals surface area contributed by atoms with Gasteiger partial charge in [0.1, 0.15) is 11.8 Å². The highest BCUT2D eigenvalue weighted by atomic mass is 32.1. The van der Waals surface area contributed by atoms with Gasteiger partial charge in [0.05, 0.1) is 24.4 Å². The van der Waals surface area contributed by atoms with Crippen molar-refractivity contribution in [1.29, 1.82) is 0 Å². The summed E-state index contributed by atoms with van der Waals surface area (Å²) in [5.74, 6) is 0.921. The molecule has 2 atom stereocenters. The Morgan fingerprint density at radius 1 is 1.06 bits per heavy atom. The molecule has 1 aliphatic heterocycles. The summed E-state index contributed by atoms with van der Waals surface area (Å²) in [6.07, 6.45) is 9.09. The Morgan fingerprint density at radius 3 is 2.61 bits per heavy atom. The van der Waals surface area contributed by atoms with Crippen molar-refractivity contribution in [2.24, 2.45) is 0 Å². The Morgan fingerprint density at radius 2 is 1.88 bits per heavy atom. The van der Waals surface area contributed by atoms with Crippen molar-refractivity contribution < 1.29 is 9.47 Å². The first kappa shape index (κ1) is 21.9. The van der Waals surface area contributed by atoms with E-state index in [0.717, 1.165) is 36.5 Å². The zero-order chi connectivity index (χ0) is 22.6. The van der Waals surface area contributed by atoms with Crippen LogP contribution in [0.3, 0.4) is 0 Å². The minimum absolute atomic E-state index is 0.0409. The van der Waals surface area contributed by atoms with E-state index < -0.39 is 0 Å². The van der Waals surface area contributed by atoms with Crippen molar-refractivity contribution in [3.8, 4) is 5.75 Å². The lowest BCUT2D eigenvalue weighted by atomic mass is 10.0. The van der Waals surface area contributed by atoms with Gasteiger partial charge in [-0.15, -0.1) is 0 Å².